The molecule has 204 valence electrons. The number of aromatic nitrogens is 1. The van der Waals surface area contributed by atoms with Crippen molar-refractivity contribution in [2.24, 2.45) is 0 Å². The van der Waals surface area contributed by atoms with Gasteiger partial charge in [0.1, 0.15) is 12.1 Å². The number of benzene rings is 3. The normalized spacial score (nSPS) is 18.4. The number of carbonyl (C=O) groups is 3. The quantitative estimate of drug-likeness (QED) is 0.239. The summed E-state index contributed by atoms with van der Waals surface area (Å²) in [7, 11) is 0. The van der Waals surface area contributed by atoms with E-state index in [-0.39, 0.29) is 23.5 Å². The van der Waals surface area contributed by atoms with E-state index in [2.05, 4.69) is 10.3 Å². The van der Waals surface area contributed by atoms with E-state index in [0.29, 0.717) is 31.7 Å². The van der Waals surface area contributed by atoms with Gasteiger partial charge >= 0.3 is 6.03 Å². The Labute approximate surface area is 232 Å². The summed E-state index contributed by atoms with van der Waals surface area (Å²) < 4.78 is 5.55. The molecule has 3 heterocycles. The Morgan fingerprint density at radius 3 is 2.52 bits per heavy atom. The van der Waals surface area contributed by atoms with Gasteiger partial charge in [-0.05, 0) is 49.6 Å². The number of hydrogen-bond acceptors (Lipinski definition) is 4. The Kier molecular flexibility index (Phi) is 6.86. The van der Waals surface area contributed by atoms with Crippen LogP contribution >= 0.6 is 0 Å². The van der Waals surface area contributed by atoms with Gasteiger partial charge in [-0.1, -0.05) is 60.7 Å². The molecule has 8 heteroatoms. The molecule has 1 aromatic heterocycles. The minimum absolute atomic E-state index is 0.126. The topological polar surface area (TPSA) is 94.7 Å². The molecule has 1 unspecified atom stereocenters. The fourth-order valence-electron chi connectivity index (χ4n) is 5.83. The molecule has 0 spiro atoms. The lowest BCUT2D eigenvalue weighted by Crippen LogP contribution is -2.44. The molecule has 4 amide bonds. The lowest BCUT2D eigenvalue weighted by molar-refractivity contribution is -0.120. The van der Waals surface area contributed by atoms with E-state index in [1.165, 1.54) is 4.90 Å². The number of urea groups is 1. The van der Waals surface area contributed by atoms with Crippen molar-refractivity contribution in [3.63, 3.8) is 0 Å². The highest BCUT2D eigenvalue weighted by Crippen LogP contribution is 2.45. The molecule has 0 radical (unpaired) electrons. The molecule has 3 aromatic carbocycles. The minimum atomic E-state index is -0.686. The first-order chi connectivity index (χ1) is 19.5. The molecule has 0 aliphatic carbocycles. The van der Waals surface area contributed by atoms with Gasteiger partial charge in [0, 0.05) is 36.2 Å². The van der Waals surface area contributed by atoms with E-state index in [9.17, 15) is 14.4 Å². The third-order valence-corrected chi connectivity index (χ3v) is 7.61. The molecule has 1 fully saturated rings. The Morgan fingerprint density at radius 2 is 1.73 bits per heavy atom. The third kappa shape index (κ3) is 4.44. The summed E-state index contributed by atoms with van der Waals surface area (Å²) >= 11 is 0. The van der Waals surface area contributed by atoms with Crippen LogP contribution in [0.15, 0.2) is 78.9 Å². The standard InChI is InChI=1S/C32H32N4O4/c1-20(2)40-18-10-17-33-30(37)23-14-7-9-16-26(23)36-31(38)27-19-24-22-13-6-8-15-25(22)34-28(24)29(35(27)32(36)39)21-11-4-3-5-12-21/h3-9,11-16,20,27,29,34H,10,17-19H2,1-2H3,(H,33,37)/t27-,29?/m0/s1. The molecular weight excluding hydrogens is 504 g/mol. The number of rotatable bonds is 8. The number of hydrogen-bond donors (Lipinski definition) is 2. The Hall–Kier alpha value is -4.43. The van der Waals surface area contributed by atoms with Crippen molar-refractivity contribution in [1.29, 1.82) is 0 Å². The van der Waals surface area contributed by atoms with Crippen molar-refractivity contribution in [2.75, 3.05) is 18.1 Å². The zero-order valence-electron chi connectivity index (χ0n) is 22.6. The van der Waals surface area contributed by atoms with Crippen molar-refractivity contribution in [3.05, 3.63) is 101 Å². The van der Waals surface area contributed by atoms with Crippen LogP contribution in [0.2, 0.25) is 0 Å². The van der Waals surface area contributed by atoms with Gasteiger partial charge in [-0.3, -0.25) is 14.5 Å². The number of nitrogens with one attached hydrogen (secondary N) is 2. The number of carbonyl (C=O) groups excluding carboxylic acids is 3. The summed E-state index contributed by atoms with van der Waals surface area (Å²) in [5, 5.41) is 3.96. The predicted octanol–water partition coefficient (Wildman–Crippen LogP) is 5.20. The van der Waals surface area contributed by atoms with Gasteiger partial charge in [-0.2, -0.15) is 0 Å². The number of amides is 4. The van der Waals surface area contributed by atoms with Crippen molar-refractivity contribution < 1.29 is 19.1 Å². The van der Waals surface area contributed by atoms with Crippen LogP contribution in [-0.4, -0.2) is 53.0 Å². The van der Waals surface area contributed by atoms with E-state index in [0.717, 1.165) is 27.7 Å². The van der Waals surface area contributed by atoms with Gasteiger partial charge in [0.05, 0.1) is 17.4 Å². The van der Waals surface area contributed by atoms with Crippen LogP contribution in [0.4, 0.5) is 10.5 Å². The smallest absolute Gasteiger partial charge is 0.332 e. The van der Waals surface area contributed by atoms with Crippen LogP contribution in [-0.2, 0) is 16.0 Å². The summed E-state index contributed by atoms with van der Waals surface area (Å²) in [6, 6.07) is 23.0. The number of fused-ring (bicyclic) bond motifs is 4. The van der Waals surface area contributed by atoms with Crippen LogP contribution in [0.5, 0.6) is 0 Å². The molecule has 1 saturated heterocycles. The lowest BCUT2D eigenvalue weighted by Gasteiger charge is -2.36. The van der Waals surface area contributed by atoms with Crippen molar-refractivity contribution in [1.82, 2.24) is 15.2 Å². The van der Waals surface area contributed by atoms with E-state index in [1.54, 1.807) is 29.2 Å². The summed E-state index contributed by atoms with van der Waals surface area (Å²) in [6.07, 6.45) is 1.18. The summed E-state index contributed by atoms with van der Waals surface area (Å²) in [5.41, 5.74) is 4.44. The molecule has 4 aromatic rings. The Morgan fingerprint density at radius 1 is 1.00 bits per heavy atom. The molecule has 2 aliphatic heterocycles. The van der Waals surface area contributed by atoms with E-state index in [4.69, 9.17) is 4.74 Å². The lowest BCUT2D eigenvalue weighted by atomic mass is 9.89. The SMILES string of the molecule is CC(C)OCCCNC(=O)c1ccccc1N1C(=O)[C@@H]2Cc3c([nH]c4ccccc34)C(c3ccccc3)N2C1=O. The van der Waals surface area contributed by atoms with Crippen molar-refractivity contribution >= 4 is 34.4 Å². The molecular formula is C32H32N4O4. The number of anilines is 1. The summed E-state index contributed by atoms with van der Waals surface area (Å²) in [4.78, 5) is 47.8. The van der Waals surface area contributed by atoms with Gasteiger partial charge in [0.25, 0.3) is 11.8 Å². The van der Waals surface area contributed by atoms with Crippen LogP contribution in [0.25, 0.3) is 10.9 Å². The van der Waals surface area contributed by atoms with Crippen molar-refractivity contribution in [2.45, 2.75) is 44.9 Å². The predicted molar refractivity (Wildman–Crippen MR) is 153 cm³/mol. The number of nitrogens with zero attached hydrogens (tertiary/aromatic N) is 2. The number of H-pyrrole nitrogens is 1. The number of para-hydroxylation sites is 2. The maximum absolute atomic E-state index is 14.2. The number of imide groups is 1. The van der Waals surface area contributed by atoms with Gasteiger partial charge in [0.15, 0.2) is 0 Å². The van der Waals surface area contributed by atoms with Crippen LogP contribution in [0, 0.1) is 0 Å². The summed E-state index contributed by atoms with van der Waals surface area (Å²) in [6.45, 7) is 4.89. The Balaban J connectivity index is 1.35. The highest BCUT2D eigenvalue weighted by molar-refractivity contribution is 6.24. The maximum Gasteiger partial charge on any atom is 0.332 e. The zero-order chi connectivity index (χ0) is 27.8. The minimum Gasteiger partial charge on any atom is -0.379 e. The van der Waals surface area contributed by atoms with Gasteiger partial charge < -0.3 is 15.0 Å². The van der Waals surface area contributed by atoms with Crippen molar-refractivity contribution in [3.8, 4) is 0 Å². The van der Waals surface area contributed by atoms with Gasteiger partial charge in [-0.15, -0.1) is 0 Å². The fourth-order valence-corrected chi connectivity index (χ4v) is 5.83. The first-order valence-electron chi connectivity index (χ1n) is 13.7. The van der Waals surface area contributed by atoms with E-state index < -0.39 is 18.1 Å². The molecule has 8 nitrogen and oxygen atoms in total. The second kappa shape index (κ2) is 10.6. The average molecular weight is 537 g/mol. The molecule has 2 atom stereocenters. The zero-order valence-corrected chi connectivity index (χ0v) is 22.6. The van der Waals surface area contributed by atoms with Crippen LogP contribution < -0.4 is 10.2 Å². The van der Waals surface area contributed by atoms with Gasteiger partial charge in [0.2, 0.25) is 0 Å². The largest absolute Gasteiger partial charge is 0.379 e. The summed E-state index contributed by atoms with van der Waals surface area (Å²) in [5.74, 6) is -0.658. The molecule has 6 rings (SSSR count). The fraction of sp³-hybridized carbons (Fsp3) is 0.281. The van der Waals surface area contributed by atoms with Crippen LogP contribution in [0.1, 0.15) is 53.5 Å². The maximum atomic E-state index is 14.2. The number of aromatic amines is 1. The highest BCUT2D eigenvalue weighted by atomic mass is 16.5. The Bertz CT molecular complexity index is 1580. The third-order valence-electron chi connectivity index (χ3n) is 7.61. The first-order valence-corrected chi connectivity index (χ1v) is 13.7. The van der Waals surface area contributed by atoms with E-state index >= 15 is 0 Å². The average Bonchev–Trinajstić information content (AvgIpc) is 3.46. The highest BCUT2D eigenvalue weighted by Gasteiger charge is 2.53. The molecule has 2 N–H and O–H groups in total. The van der Waals surface area contributed by atoms with E-state index in [1.807, 2.05) is 68.4 Å². The van der Waals surface area contributed by atoms with Crippen LogP contribution in [0.3, 0.4) is 0 Å². The molecule has 2 aliphatic rings. The second-order valence-electron chi connectivity index (χ2n) is 10.5. The molecule has 0 saturated carbocycles. The second-order valence-corrected chi connectivity index (χ2v) is 10.5. The first kappa shape index (κ1) is 25.8. The number of ether oxygens (including phenoxy) is 1. The molecule has 40 heavy (non-hydrogen) atoms. The molecule has 0 bridgehead atoms. The monoisotopic (exact) mass is 536 g/mol. The van der Waals surface area contributed by atoms with Gasteiger partial charge in [-0.25, -0.2) is 9.69 Å².